The highest BCUT2D eigenvalue weighted by molar-refractivity contribution is 7.09. The van der Waals surface area contributed by atoms with Gasteiger partial charge in [-0.3, -0.25) is 4.79 Å². The van der Waals surface area contributed by atoms with Gasteiger partial charge in [0.05, 0.1) is 5.69 Å². The van der Waals surface area contributed by atoms with Crippen LogP contribution in [-0.2, 0) is 11.2 Å². The Balaban J connectivity index is 1.35. The van der Waals surface area contributed by atoms with E-state index in [2.05, 4.69) is 16.5 Å². The van der Waals surface area contributed by atoms with Gasteiger partial charge in [0.25, 0.3) is 6.43 Å². The Morgan fingerprint density at radius 3 is 2.79 bits per heavy atom. The number of fused-ring (bicyclic) bond motifs is 1. The summed E-state index contributed by atoms with van der Waals surface area (Å²) in [7, 11) is 0. The van der Waals surface area contributed by atoms with Gasteiger partial charge in [-0.25, -0.2) is 13.5 Å². The van der Waals surface area contributed by atoms with E-state index in [0.29, 0.717) is 25.3 Å². The molecule has 2 aliphatic heterocycles. The molecule has 1 N–H and O–H groups in total. The number of carbonyl (C=O) groups excluding carboxylic acids is 1. The largest absolute Gasteiger partial charge is 0.367 e. The molecule has 2 aromatic heterocycles. The molecule has 1 fully saturated rings. The van der Waals surface area contributed by atoms with E-state index in [0.717, 1.165) is 25.0 Å². The Bertz CT molecular complexity index is 830. The number of nitrogens with one attached hydrogen (secondary N) is 1. The molecule has 4 rings (SSSR count). The molecule has 2 aliphatic rings. The third-order valence-corrected chi connectivity index (χ3v) is 7.12. The number of rotatable bonds is 5. The first-order valence-electron chi connectivity index (χ1n) is 10.3. The van der Waals surface area contributed by atoms with Gasteiger partial charge >= 0.3 is 0 Å². The van der Waals surface area contributed by atoms with Crippen molar-refractivity contribution in [2.24, 2.45) is 11.8 Å². The second-order valence-electron chi connectivity index (χ2n) is 8.35. The zero-order valence-electron chi connectivity index (χ0n) is 16.9. The lowest BCUT2D eigenvalue weighted by Crippen LogP contribution is -2.47. The summed E-state index contributed by atoms with van der Waals surface area (Å²) in [5.74, 6) is 1.15. The van der Waals surface area contributed by atoms with Crippen molar-refractivity contribution in [2.75, 3.05) is 18.4 Å². The number of thiophene rings is 1. The molecule has 1 saturated heterocycles. The van der Waals surface area contributed by atoms with Crippen molar-refractivity contribution in [2.45, 2.75) is 58.0 Å². The van der Waals surface area contributed by atoms with Crippen LogP contribution < -0.4 is 5.32 Å². The second-order valence-corrected chi connectivity index (χ2v) is 9.38. The van der Waals surface area contributed by atoms with E-state index >= 15 is 0 Å². The molecule has 0 aromatic carbocycles. The number of hydrogen-bond donors (Lipinski definition) is 1. The molecule has 0 aliphatic carbocycles. The Kier molecular flexibility index (Phi) is 5.90. The SMILES string of the molecule is Cc1cc2n(n1)[C@@H](C(F)F)C[C@@H](C1CCN(C(=O)[C@@H](C)Cc3cccs3)CC1)N2. The van der Waals surface area contributed by atoms with Crippen LogP contribution in [-0.4, -0.2) is 46.1 Å². The molecule has 29 heavy (non-hydrogen) atoms. The fraction of sp³-hybridized carbons (Fsp3) is 0.619. The molecule has 0 radical (unpaired) electrons. The smallest absolute Gasteiger partial charge is 0.260 e. The average molecular weight is 423 g/mol. The number of likely N-dealkylation sites (tertiary alicyclic amines) is 1. The summed E-state index contributed by atoms with van der Waals surface area (Å²) in [6, 6.07) is 5.04. The molecule has 3 atom stereocenters. The van der Waals surface area contributed by atoms with Crippen molar-refractivity contribution >= 4 is 23.1 Å². The Labute approximate surface area is 174 Å². The van der Waals surface area contributed by atoms with E-state index in [-0.39, 0.29) is 23.8 Å². The Morgan fingerprint density at radius 1 is 1.38 bits per heavy atom. The summed E-state index contributed by atoms with van der Waals surface area (Å²) in [6.07, 6.45) is 0.410. The van der Waals surface area contributed by atoms with Gasteiger partial charge < -0.3 is 10.2 Å². The highest BCUT2D eigenvalue weighted by Gasteiger charge is 2.38. The van der Waals surface area contributed by atoms with Crippen LogP contribution in [0.3, 0.4) is 0 Å². The van der Waals surface area contributed by atoms with Crippen LogP contribution in [0.4, 0.5) is 14.6 Å². The zero-order chi connectivity index (χ0) is 20.5. The number of hydrogen-bond acceptors (Lipinski definition) is 4. The first-order valence-corrected chi connectivity index (χ1v) is 11.2. The number of carbonyl (C=O) groups is 1. The predicted octanol–water partition coefficient (Wildman–Crippen LogP) is 4.36. The number of halogens is 2. The predicted molar refractivity (Wildman–Crippen MR) is 111 cm³/mol. The maximum atomic E-state index is 13.6. The molecule has 0 unspecified atom stereocenters. The topological polar surface area (TPSA) is 50.2 Å². The fourth-order valence-electron chi connectivity index (χ4n) is 4.66. The van der Waals surface area contributed by atoms with E-state index in [9.17, 15) is 13.6 Å². The van der Waals surface area contributed by atoms with E-state index in [4.69, 9.17) is 0 Å². The Hall–Kier alpha value is -1.96. The van der Waals surface area contributed by atoms with Crippen LogP contribution in [0.5, 0.6) is 0 Å². The second kappa shape index (κ2) is 8.42. The molecular weight excluding hydrogens is 394 g/mol. The summed E-state index contributed by atoms with van der Waals surface area (Å²) in [5, 5.41) is 9.71. The lowest BCUT2D eigenvalue weighted by atomic mass is 9.84. The van der Waals surface area contributed by atoms with E-state index in [1.807, 2.05) is 36.3 Å². The number of aryl methyl sites for hydroxylation is 1. The van der Waals surface area contributed by atoms with E-state index in [1.165, 1.54) is 9.56 Å². The van der Waals surface area contributed by atoms with Crippen LogP contribution in [0.1, 0.15) is 42.8 Å². The van der Waals surface area contributed by atoms with Crippen molar-refractivity contribution in [1.82, 2.24) is 14.7 Å². The van der Waals surface area contributed by atoms with Gasteiger partial charge in [-0.05, 0) is 50.0 Å². The van der Waals surface area contributed by atoms with Crippen LogP contribution in [0.25, 0.3) is 0 Å². The van der Waals surface area contributed by atoms with Crippen molar-refractivity contribution in [3.63, 3.8) is 0 Å². The highest BCUT2D eigenvalue weighted by atomic mass is 32.1. The molecule has 2 aromatic rings. The lowest BCUT2D eigenvalue weighted by Gasteiger charge is -2.41. The number of aromatic nitrogens is 2. The van der Waals surface area contributed by atoms with Gasteiger partial charge in [-0.1, -0.05) is 13.0 Å². The molecule has 158 valence electrons. The fourth-order valence-corrected chi connectivity index (χ4v) is 5.49. The average Bonchev–Trinajstić information content (AvgIpc) is 3.34. The molecule has 0 spiro atoms. The van der Waals surface area contributed by atoms with Crippen LogP contribution >= 0.6 is 11.3 Å². The molecule has 0 saturated carbocycles. The van der Waals surface area contributed by atoms with E-state index < -0.39 is 12.5 Å². The lowest BCUT2D eigenvalue weighted by molar-refractivity contribution is -0.136. The number of amides is 1. The monoisotopic (exact) mass is 422 g/mol. The quantitative estimate of drug-likeness (QED) is 0.779. The maximum absolute atomic E-state index is 13.6. The molecule has 5 nitrogen and oxygen atoms in total. The van der Waals surface area contributed by atoms with Crippen LogP contribution in [0, 0.1) is 18.8 Å². The number of alkyl halides is 2. The standard InChI is InChI=1S/C21H28F2N4OS/c1-13(10-16-4-3-9-29-16)21(28)26-7-5-15(6-8-26)17-12-18(20(22)23)27-19(24-17)11-14(2)25-27/h3-4,9,11,13,15,17-18,20,24H,5-8,10,12H2,1-2H3/t13-,17-,18+/m0/s1. The van der Waals surface area contributed by atoms with Gasteiger partial charge in [0, 0.05) is 36.0 Å². The third-order valence-electron chi connectivity index (χ3n) is 6.22. The summed E-state index contributed by atoms with van der Waals surface area (Å²) < 4.78 is 28.7. The minimum absolute atomic E-state index is 0.00149. The number of anilines is 1. The molecular formula is C21H28F2N4OS. The van der Waals surface area contributed by atoms with Crippen LogP contribution in [0.15, 0.2) is 23.6 Å². The Morgan fingerprint density at radius 2 is 2.14 bits per heavy atom. The highest BCUT2D eigenvalue weighted by Crippen LogP contribution is 2.37. The normalized spacial score (nSPS) is 23.7. The van der Waals surface area contributed by atoms with Crippen molar-refractivity contribution in [3.8, 4) is 0 Å². The van der Waals surface area contributed by atoms with E-state index in [1.54, 1.807) is 11.3 Å². The molecule has 0 bridgehead atoms. The molecule has 8 heteroatoms. The van der Waals surface area contributed by atoms with Gasteiger partial charge in [0.2, 0.25) is 5.91 Å². The van der Waals surface area contributed by atoms with Crippen LogP contribution in [0.2, 0.25) is 0 Å². The van der Waals surface area contributed by atoms with Gasteiger partial charge in [-0.2, -0.15) is 5.10 Å². The minimum atomic E-state index is -2.43. The van der Waals surface area contributed by atoms with Gasteiger partial charge in [-0.15, -0.1) is 11.3 Å². The summed E-state index contributed by atoms with van der Waals surface area (Å²) in [4.78, 5) is 16.0. The van der Waals surface area contributed by atoms with Crippen molar-refractivity contribution in [1.29, 1.82) is 0 Å². The van der Waals surface area contributed by atoms with Gasteiger partial charge in [0.1, 0.15) is 11.9 Å². The maximum Gasteiger partial charge on any atom is 0.260 e. The zero-order valence-corrected chi connectivity index (χ0v) is 17.7. The number of piperidine rings is 1. The van der Waals surface area contributed by atoms with Crippen molar-refractivity contribution < 1.29 is 13.6 Å². The van der Waals surface area contributed by atoms with Crippen molar-refractivity contribution in [3.05, 3.63) is 34.2 Å². The van der Waals surface area contributed by atoms with Gasteiger partial charge in [0.15, 0.2) is 0 Å². The first-order chi connectivity index (χ1) is 13.9. The summed E-state index contributed by atoms with van der Waals surface area (Å²) in [6.45, 7) is 5.22. The summed E-state index contributed by atoms with van der Waals surface area (Å²) >= 11 is 1.69. The number of nitrogens with zero attached hydrogens (tertiary/aromatic N) is 3. The minimum Gasteiger partial charge on any atom is -0.367 e. The first kappa shape index (κ1) is 20.3. The molecule has 1 amide bonds. The molecule has 4 heterocycles. The summed E-state index contributed by atoms with van der Waals surface area (Å²) in [5.41, 5.74) is 0.749. The third kappa shape index (κ3) is 4.32.